The standard InChI is InChI=1S/C24H23N3/c1-16-5-4-6-19-20(23(25)26-14-21(16)19)12-9-17-7-10-18(11-8-17)22-13-24(2,3)15-27-22/h4-8,10-11,14H,13,15H2,1-3H3,(H2,25,26). The largest absolute Gasteiger partial charge is 0.383 e. The van der Waals surface area contributed by atoms with E-state index in [1.54, 1.807) is 0 Å². The Labute approximate surface area is 160 Å². The van der Waals surface area contributed by atoms with Gasteiger partial charge in [-0.3, -0.25) is 4.99 Å². The number of fused-ring (bicyclic) bond motifs is 1. The van der Waals surface area contributed by atoms with Crippen molar-refractivity contribution in [3.63, 3.8) is 0 Å². The predicted octanol–water partition coefficient (Wildman–Crippen LogP) is 4.74. The molecule has 3 heteroatoms. The van der Waals surface area contributed by atoms with Gasteiger partial charge >= 0.3 is 0 Å². The van der Waals surface area contributed by atoms with Crippen LogP contribution in [0.4, 0.5) is 5.82 Å². The van der Waals surface area contributed by atoms with E-state index < -0.39 is 0 Å². The molecule has 3 aromatic rings. The lowest BCUT2D eigenvalue weighted by molar-refractivity contribution is 0.423. The first kappa shape index (κ1) is 17.3. The minimum absolute atomic E-state index is 0.269. The van der Waals surface area contributed by atoms with E-state index in [0.29, 0.717) is 5.82 Å². The molecule has 0 spiro atoms. The second-order valence-corrected chi connectivity index (χ2v) is 7.99. The van der Waals surface area contributed by atoms with Crippen molar-refractivity contribution in [3.8, 4) is 11.8 Å². The van der Waals surface area contributed by atoms with E-state index in [1.165, 1.54) is 16.8 Å². The number of hydrogen-bond acceptors (Lipinski definition) is 3. The van der Waals surface area contributed by atoms with Crippen LogP contribution in [0.2, 0.25) is 0 Å². The molecule has 134 valence electrons. The quantitative estimate of drug-likeness (QED) is 0.642. The Balaban J connectivity index is 1.65. The summed E-state index contributed by atoms with van der Waals surface area (Å²) in [5.41, 5.74) is 11.7. The molecule has 3 nitrogen and oxygen atoms in total. The van der Waals surface area contributed by atoms with Gasteiger partial charge in [0.15, 0.2) is 0 Å². The monoisotopic (exact) mass is 353 g/mol. The van der Waals surface area contributed by atoms with Crippen LogP contribution in [-0.2, 0) is 0 Å². The van der Waals surface area contributed by atoms with Gasteiger partial charge in [-0.05, 0) is 42.0 Å². The van der Waals surface area contributed by atoms with Crippen LogP contribution >= 0.6 is 0 Å². The van der Waals surface area contributed by atoms with Gasteiger partial charge in [-0.25, -0.2) is 4.98 Å². The number of anilines is 1. The second-order valence-electron chi connectivity index (χ2n) is 7.99. The van der Waals surface area contributed by atoms with Gasteiger partial charge in [-0.1, -0.05) is 56.0 Å². The second kappa shape index (κ2) is 6.55. The molecule has 0 bridgehead atoms. The topological polar surface area (TPSA) is 51.3 Å². The molecule has 2 N–H and O–H groups in total. The Morgan fingerprint density at radius 2 is 1.78 bits per heavy atom. The lowest BCUT2D eigenvalue weighted by Gasteiger charge is -2.14. The third-order valence-electron chi connectivity index (χ3n) is 5.08. The highest BCUT2D eigenvalue weighted by Gasteiger charge is 2.26. The highest BCUT2D eigenvalue weighted by molar-refractivity contribution is 6.02. The molecule has 1 aromatic heterocycles. The normalized spacial score (nSPS) is 15.3. The fourth-order valence-corrected chi connectivity index (χ4v) is 3.49. The molecule has 0 fully saturated rings. The van der Waals surface area contributed by atoms with Crippen LogP contribution in [0.25, 0.3) is 10.8 Å². The van der Waals surface area contributed by atoms with Crippen molar-refractivity contribution < 1.29 is 0 Å². The van der Waals surface area contributed by atoms with Crippen molar-refractivity contribution in [2.45, 2.75) is 27.2 Å². The first-order valence-electron chi connectivity index (χ1n) is 9.23. The van der Waals surface area contributed by atoms with Crippen molar-refractivity contribution in [1.29, 1.82) is 0 Å². The summed E-state index contributed by atoms with van der Waals surface area (Å²) in [7, 11) is 0. The third kappa shape index (κ3) is 3.44. The smallest absolute Gasteiger partial charge is 0.139 e. The van der Waals surface area contributed by atoms with E-state index in [0.717, 1.165) is 34.9 Å². The van der Waals surface area contributed by atoms with Gasteiger partial charge in [0.1, 0.15) is 5.82 Å². The summed E-state index contributed by atoms with van der Waals surface area (Å²) in [5, 5.41) is 2.14. The van der Waals surface area contributed by atoms with Crippen molar-refractivity contribution >= 4 is 22.3 Å². The number of hydrogen-bond donors (Lipinski definition) is 1. The molecule has 2 heterocycles. The molecule has 0 saturated carbocycles. The molecule has 1 aliphatic heterocycles. The summed E-state index contributed by atoms with van der Waals surface area (Å²) in [5.74, 6) is 6.94. The molecule has 0 amide bonds. The van der Waals surface area contributed by atoms with Gasteiger partial charge in [-0.2, -0.15) is 0 Å². The van der Waals surface area contributed by atoms with Gasteiger partial charge in [0.2, 0.25) is 0 Å². The van der Waals surface area contributed by atoms with E-state index in [1.807, 2.05) is 18.3 Å². The molecule has 0 unspecified atom stereocenters. The van der Waals surface area contributed by atoms with Gasteiger partial charge < -0.3 is 5.73 Å². The number of nitrogens with zero attached hydrogens (tertiary/aromatic N) is 2. The molecular formula is C24H23N3. The number of nitrogens with two attached hydrogens (primary N) is 1. The Hall–Kier alpha value is -3.12. The highest BCUT2D eigenvalue weighted by atomic mass is 14.8. The summed E-state index contributed by atoms with van der Waals surface area (Å²) >= 11 is 0. The van der Waals surface area contributed by atoms with Crippen LogP contribution in [0.3, 0.4) is 0 Å². The SMILES string of the molecule is Cc1cccc2c(C#Cc3ccc(C4=NCC(C)(C)C4)cc3)c(N)ncc12. The number of pyridine rings is 1. The van der Waals surface area contributed by atoms with Crippen LogP contribution in [-0.4, -0.2) is 17.2 Å². The number of aliphatic imine (C=N–C) groups is 1. The number of aryl methyl sites for hydroxylation is 1. The van der Waals surface area contributed by atoms with Crippen LogP contribution < -0.4 is 5.73 Å². The molecule has 1 aliphatic rings. The zero-order valence-electron chi connectivity index (χ0n) is 16.0. The molecule has 0 radical (unpaired) electrons. The average molecular weight is 353 g/mol. The maximum Gasteiger partial charge on any atom is 0.139 e. The zero-order valence-corrected chi connectivity index (χ0v) is 16.0. The lowest BCUT2D eigenvalue weighted by atomic mass is 9.88. The minimum Gasteiger partial charge on any atom is -0.383 e. The van der Waals surface area contributed by atoms with E-state index >= 15 is 0 Å². The van der Waals surface area contributed by atoms with Gasteiger partial charge in [-0.15, -0.1) is 0 Å². The molecule has 27 heavy (non-hydrogen) atoms. The van der Waals surface area contributed by atoms with Crippen molar-refractivity contribution in [2.24, 2.45) is 10.4 Å². The lowest BCUT2D eigenvalue weighted by Crippen LogP contribution is -2.12. The number of nitrogen functional groups attached to an aromatic ring is 1. The van der Waals surface area contributed by atoms with Crippen LogP contribution in [0, 0.1) is 24.2 Å². The van der Waals surface area contributed by atoms with Crippen molar-refractivity contribution in [3.05, 3.63) is 70.9 Å². The first-order valence-corrected chi connectivity index (χ1v) is 9.23. The summed E-state index contributed by atoms with van der Waals surface area (Å²) in [6, 6.07) is 14.5. The van der Waals surface area contributed by atoms with E-state index in [9.17, 15) is 0 Å². The predicted molar refractivity (Wildman–Crippen MR) is 113 cm³/mol. The molecule has 0 saturated heterocycles. The summed E-state index contributed by atoms with van der Waals surface area (Å²) in [4.78, 5) is 9.01. The maximum atomic E-state index is 6.10. The molecule has 4 rings (SSSR count). The molecular weight excluding hydrogens is 330 g/mol. The van der Waals surface area contributed by atoms with Gasteiger partial charge in [0.25, 0.3) is 0 Å². The fourth-order valence-electron chi connectivity index (χ4n) is 3.49. The third-order valence-corrected chi connectivity index (χ3v) is 5.08. The average Bonchev–Trinajstić information content (AvgIpc) is 3.01. The number of rotatable bonds is 1. The molecule has 0 aliphatic carbocycles. The zero-order chi connectivity index (χ0) is 19.0. The first-order chi connectivity index (χ1) is 12.9. The van der Waals surface area contributed by atoms with Gasteiger partial charge in [0.05, 0.1) is 5.56 Å². The maximum absolute atomic E-state index is 6.10. The molecule has 2 aromatic carbocycles. The van der Waals surface area contributed by atoms with Crippen molar-refractivity contribution in [1.82, 2.24) is 4.98 Å². The number of benzene rings is 2. The Morgan fingerprint density at radius 1 is 1.00 bits per heavy atom. The van der Waals surface area contributed by atoms with Crippen LogP contribution in [0.1, 0.15) is 42.5 Å². The summed E-state index contributed by atoms with van der Waals surface area (Å²) < 4.78 is 0. The van der Waals surface area contributed by atoms with E-state index in [4.69, 9.17) is 10.7 Å². The van der Waals surface area contributed by atoms with Crippen LogP contribution in [0.5, 0.6) is 0 Å². The van der Waals surface area contributed by atoms with Crippen molar-refractivity contribution in [2.75, 3.05) is 12.3 Å². The number of aromatic nitrogens is 1. The Bertz CT molecular complexity index is 1110. The molecule has 0 atom stereocenters. The minimum atomic E-state index is 0.269. The Morgan fingerprint density at radius 3 is 2.48 bits per heavy atom. The summed E-state index contributed by atoms with van der Waals surface area (Å²) in [6.07, 6.45) is 2.85. The van der Waals surface area contributed by atoms with E-state index in [2.05, 4.69) is 67.9 Å². The van der Waals surface area contributed by atoms with E-state index in [-0.39, 0.29) is 5.41 Å². The Kier molecular flexibility index (Phi) is 4.20. The highest BCUT2D eigenvalue weighted by Crippen LogP contribution is 2.29. The van der Waals surface area contributed by atoms with Crippen LogP contribution in [0.15, 0.2) is 53.7 Å². The summed E-state index contributed by atoms with van der Waals surface area (Å²) in [6.45, 7) is 7.49. The fraction of sp³-hybridized carbons (Fsp3) is 0.250. The van der Waals surface area contributed by atoms with Gasteiger partial charge in [0, 0.05) is 34.8 Å².